The minimum atomic E-state index is 0.554. The van der Waals surface area contributed by atoms with E-state index >= 15 is 0 Å². The van der Waals surface area contributed by atoms with Gasteiger partial charge in [0.15, 0.2) is 0 Å². The van der Waals surface area contributed by atoms with Crippen LogP contribution in [0.2, 0.25) is 0 Å². The number of nitrogens with two attached hydrogens (primary N) is 1. The standard InChI is InChI=1S/C14H29N/c1-5-6-11(2)13-9-14(3,4)8-7-12(13)10-15/h11-13H,5-10,15H2,1-4H3. The maximum atomic E-state index is 5.92. The first-order chi connectivity index (χ1) is 7.00. The van der Waals surface area contributed by atoms with Gasteiger partial charge in [-0.1, -0.05) is 40.5 Å². The van der Waals surface area contributed by atoms with E-state index in [9.17, 15) is 0 Å². The van der Waals surface area contributed by atoms with Gasteiger partial charge in [-0.3, -0.25) is 0 Å². The van der Waals surface area contributed by atoms with E-state index in [1.54, 1.807) is 0 Å². The number of rotatable bonds is 4. The molecule has 0 bridgehead atoms. The van der Waals surface area contributed by atoms with E-state index < -0.39 is 0 Å². The molecular weight excluding hydrogens is 182 g/mol. The molecule has 1 heteroatoms. The van der Waals surface area contributed by atoms with Gasteiger partial charge in [0.1, 0.15) is 0 Å². The first-order valence-electron chi connectivity index (χ1n) is 6.70. The minimum Gasteiger partial charge on any atom is -0.330 e. The van der Waals surface area contributed by atoms with E-state index in [2.05, 4.69) is 27.7 Å². The Balaban J connectivity index is 2.62. The molecule has 0 aliphatic heterocycles. The third kappa shape index (κ3) is 3.48. The predicted molar refractivity (Wildman–Crippen MR) is 67.7 cm³/mol. The molecule has 1 aliphatic rings. The van der Waals surface area contributed by atoms with Crippen LogP contribution in [-0.2, 0) is 0 Å². The summed E-state index contributed by atoms with van der Waals surface area (Å²) in [5, 5.41) is 0. The molecule has 3 atom stereocenters. The summed E-state index contributed by atoms with van der Waals surface area (Å²) in [5.74, 6) is 2.53. The molecular formula is C14H29N. The normalized spacial score (nSPS) is 32.6. The highest BCUT2D eigenvalue weighted by molar-refractivity contribution is 4.87. The third-order valence-electron chi connectivity index (χ3n) is 4.36. The van der Waals surface area contributed by atoms with Crippen LogP contribution in [0.25, 0.3) is 0 Å². The van der Waals surface area contributed by atoms with Crippen molar-refractivity contribution in [2.75, 3.05) is 6.54 Å². The fourth-order valence-electron chi connectivity index (χ4n) is 3.32. The van der Waals surface area contributed by atoms with Gasteiger partial charge in [0.2, 0.25) is 0 Å². The second-order valence-corrected chi connectivity index (χ2v) is 6.33. The van der Waals surface area contributed by atoms with Gasteiger partial charge in [-0.2, -0.15) is 0 Å². The Labute approximate surface area is 95.8 Å². The summed E-state index contributed by atoms with van der Waals surface area (Å²) in [6, 6.07) is 0. The number of hydrogen-bond acceptors (Lipinski definition) is 1. The van der Waals surface area contributed by atoms with Gasteiger partial charge in [0.25, 0.3) is 0 Å². The van der Waals surface area contributed by atoms with Crippen LogP contribution in [0.4, 0.5) is 0 Å². The van der Waals surface area contributed by atoms with Crippen LogP contribution in [0.5, 0.6) is 0 Å². The summed E-state index contributed by atoms with van der Waals surface area (Å²) in [4.78, 5) is 0. The maximum Gasteiger partial charge on any atom is -0.00461 e. The Bertz CT molecular complexity index is 186. The fraction of sp³-hybridized carbons (Fsp3) is 1.00. The van der Waals surface area contributed by atoms with E-state index in [0.29, 0.717) is 5.41 Å². The van der Waals surface area contributed by atoms with Crippen LogP contribution in [0.15, 0.2) is 0 Å². The maximum absolute atomic E-state index is 5.92. The van der Waals surface area contributed by atoms with Crippen LogP contribution in [-0.4, -0.2) is 6.54 Å². The van der Waals surface area contributed by atoms with Crippen LogP contribution in [0.3, 0.4) is 0 Å². The molecule has 1 fully saturated rings. The van der Waals surface area contributed by atoms with Gasteiger partial charge in [0.05, 0.1) is 0 Å². The van der Waals surface area contributed by atoms with Crippen molar-refractivity contribution in [1.29, 1.82) is 0 Å². The van der Waals surface area contributed by atoms with E-state index in [0.717, 1.165) is 24.3 Å². The molecule has 90 valence electrons. The first kappa shape index (κ1) is 13.0. The second kappa shape index (κ2) is 5.34. The Kier molecular flexibility index (Phi) is 4.64. The lowest BCUT2D eigenvalue weighted by Gasteiger charge is -2.43. The zero-order valence-electron chi connectivity index (χ0n) is 11.1. The molecule has 3 unspecified atom stereocenters. The zero-order valence-corrected chi connectivity index (χ0v) is 11.1. The Morgan fingerprint density at radius 1 is 1.40 bits per heavy atom. The molecule has 1 nitrogen and oxygen atoms in total. The Hall–Kier alpha value is -0.0400. The van der Waals surface area contributed by atoms with Crippen molar-refractivity contribution in [2.24, 2.45) is 28.9 Å². The summed E-state index contributed by atoms with van der Waals surface area (Å²) in [6.45, 7) is 10.5. The van der Waals surface area contributed by atoms with Gasteiger partial charge in [0, 0.05) is 0 Å². The molecule has 0 spiro atoms. The first-order valence-corrected chi connectivity index (χ1v) is 6.70. The van der Waals surface area contributed by atoms with Gasteiger partial charge in [-0.25, -0.2) is 0 Å². The van der Waals surface area contributed by atoms with Crippen molar-refractivity contribution in [3.8, 4) is 0 Å². The topological polar surface area (TPSA) is 26.0 Å². The molecule has 0 amide bonds. The second-order valence-electron chi connectivity index (χ2n) is 6.33. The van der Waals surface area contributed by atoms with Gasteiger partial charge < -0.3 is 5.73 Å². The van der Waals surface area contributed by atoms with Crippen LogP contribution in [0.1, 0.15) is 59.8 Å². The van der Waals surface area contributed by atoms with Crippen molar-refractivity contribution < 1.29 is 0 Å². The highest BCUT2D eigenvalue weighted by Crippen LogP contribution is 2.45. The summed E-state index contributed by atoms with van der Waals surface area (Å²) >= 11 is 0. The SMILES string of the molecule is CCCC(C)C1CC(C)(C)CCC1CN. The molecule has 0 heterocycles. The van der Waals surface area contributed by atoms with Crippen molar-refractivity contribution in [3.63, 3.8) is 0 Å². The molecule has 0 radical (unpaired) electrons. The van der Waals surface area contributed by atoms with E-state index in [4.69, 9.17) is 5.73 Å². The largest absolute Gasteiger partial charge is 0.330 e. The smallest absolute Gasteiger partial charge is 0.00461 e. The molecule has 0 aromatic carbocycles. The lowest BCUT2D eigenvalue weighted by Crippen LogP contribution is -2.37. The average Bonchev–Trinajstić information content (AvgIpc) is 2.17. The molecule has 0 saturated heterocycles. The van der Waals surface area contributed by atoms with Crippen LogP contribution in [0, 0.1) is 23.2 Å². The molecule has 1 rings (SSSR count). The molecule has 15 heavy (non-hydrogen) atoms. The lowest BCUT2D eigenvalue weighted by atomic mass is 9.63. The van der Waals surface area contributed by atoms with E-state index in [1.807, 2.05) is 0 Å². The monoisotopic (exact) mass is 211 g/mol. The summed E-state index contributed by atoms with van der Waals surface area (Å²) in [7, 11) is 0. The molecule has 1 aliphatic carbocycles. The molecule has 2 N–H and O–H groups in total. The van der Waals surface area contributed by atoms with E-state index in [1.165, 1.54) is 32.1 Å². The summed E-state index contributed by atoms with van der Waals surface area (Å²) < 4.78 is 0. The van der Waals surface area contributed by atoms with Gasteiger partial charge in [-0.15, -0.1) is 0 Å². The van der Waals surface area contributed by atoms with Crippen molar-refractivity contribution >= 4 is 0 Å². The molecule has 0 aromatic heterocycles. The predicted octanol–water partition coefficient (Wildman–Crippen LogP) is 3.82. The van der Waals surface area contributed by atoms with Crippen LogP contribution >= 0.6 is 0 Å². The summed E-state index contributed by atoms with van der Waals surface area (Å²) in [6.07, 6.45) is 6.79. The fourth-order valence-corrected chi connectivity index (χ4v) is 3.32. The zero-order chi connectivity index (χ0) is 11.5. The van der Waals surface area contributed by atoms with Gasteiger partial charge >= 0.3 is 0 Å². The lowest BCUT2D eigenvalue weighted by molar-refractivity contribution is 0.0800. The Morgan fingerprint density at radius 2 is 2.07 bits per heavy atom. The van der Waals surface area contributed by atoms with Crippen LogP contribution < -0.4 is 5.73 Å². The van der Waals surface area contributed by atoms with Crippen molar-refractivity contribution in [1.82, 2.24) is 0 Å². The quantitative estimate of drug-likeness (QED) is 0.751. The Morgan fingerprint density at radius 3 is 2.60 bits per heavy atom. The molecule has 0 aromatic rings. The van der Waals surface area contributed by atoms with E-state index in [-0.39, 0.29) is 0 Å². The highest BCUT2D eigenvalue weighted by Gasteiger charge is 2.36. The van der Waals surface area contributed by atoms with Gasteiger partial charge in [-0.05, 0) is 49.0 Å². The third-order valence-corrected chi connectivity index (χ3v) is 4.36. The highest BCUT2D eigenvalue weighted by atomic mass is 14.6. The molecule has 1 saturated carbocycles. The van der Waals surface area contributed by atoms with Crippen molar-refractivity contribution in [2.45, 2.75) is 59.8 Å². The minimum absolute atomic E-state index is 0.554. The van der Waals surface area contributed by atoms with Crippen molar-refractivity contribution in [3.05, 3.63) is 0 Å². The average molecular weight is 211 g/mol. The number of hydrogen-bond donors (Lipinski definition) is 1. The summed E-state index contributed by atoms with van der Waals surface area (Å²) in [5.41, 5.74) is 6.47.